The van der Waals surface area contributed by atoms with Gasteiger partial charge in [0.1, 0.15) is 0 Å². The van der Waals surface area contributed by atoms with Crippen molar-refractivity contribution in [3.63, 3.8) is 0 Å². The van der Waals surface area contributed by atoms with E-state index >= 15 is 0 Å². The Hall–Kier alpha value is -0.0656. The van der Waals surface area contributed by atoms with Crippen molar-refractivity contribution in [2.75, 3.05) is 0 Å². The van der Waals surface area contributed by atoms with Crippen molar-refractivity contribution in [1.82, 2.24) is 0 Å². The summed E-state index contributed by atoms with van der Waals surface area (Å²) in [7, 11) is 0. The van der Waals surface area contributed by atoms with Gasteiger partial charge in [-0.05, 0) is 0 Å². The topological polar surface area (TPSA) is 0 Å². The molecule has 0 aliphatic heterocycles. The van der Waals surface area contributed by atoms with Gasteiger partial charge in [0.15, 0.2) is 0 Å². The standard InChI is InChI=1S/C13H17.V/c1-3-11-9-13-6-4-5-12(13)8-7-10(11)2;/h1-3,12-13H,4-9H2;/q-1;. The molecule has 0 nitrogen and oxygen atoms in total. The van der Waals surface area contributed by atoms with Crippen LogP contribution >= 0.6 is 0 Å². The van der Waals surface area contributed by atoms with Gasteiger partial charge in [0.05, 0.1) is 0 Å². The van der Waals surface area contributed by atoms with Crippen LogP contribution in [0.1, 0.15) is 38.5 Å². The zero-order valence-corrected chi connectivity index (χ0v) is 9.97. The minimum atomic E-state index is 0.926. The second-order valence-electron chi connectivity index (χ2n) is 4.56. The summed E-state index contributed by atoms with van der Waals surface area (Å²) in [5.41, 5.74) is 2.54. The Kier molecular flexibility index (Phi) is 3.46. The fourth-order valence-electron chi connectivity index (χ4n) is 2.94. The molecule has 2 aliphatic carbocycles. The Morgan fingerprint density at radius 1 is 1.21 bits per heavy atom. The number of hydrogen-bond donors (Lipinski definition) is 0. The molecular formula is C13H17V-. The number of hydrogen-bond acceptors (Lipinski definition) is 0. The van der Waals surface area contributed by atoms with Crippen molar-refractivity contribution < 1.29 is 17.0 Å². The van der Waals surface area contributed by atoms with E-state index in [-0.39, 0.29) is 0 Å². The number of rotatable bonds is 1. The van der Waals surface area contributed by atoms with Crippen LogP contribution in [0.25, 0.3) is 0 Å². The molecule has 0 radical (unpaired) electrons. The summed E-state index contributed by atoms with van der Waals surface area (Å²) in [6.45, 7) is 6.09. The molecule has 2 rings (SSSR count). The molecular weight excluding hydrogens is 207 g/mol. The van der Waals surface area contributed by atoms with Gasteiger partial charge in [-0.2, -0.15) is 0 Å². The quantitative estimate of drug-likeness (QED) is 0.600. The monoisotopic (exact) mass is 224 g/mol. The Morgan fingerprint density at radius 3 is 2.79 bits per heavy atom. The summed E-state index contributed by atoms with van der Waals surface area (Å²) < 4.78 is 2.06. The summed E-state index contributed by atoms with van der Waals surface area (Å²) in [6, 6.07) is 0. The molecule has 0 aromatic heterocycles. The average molecular weight is 224 g/mol. The maximum atomic E-state index is 6.09. The van der Waals surface area contributed by atoms with Crippen molar-refractivity contribution in [2.45, 2.75) is 38.5 Å². The van der Waals surface area contributed by atoms with Crippen molar-refractivity contribution >= 4 is 4.73 Å². The number of allylic oxidation sites excluding steroid dienone is 3. The first-order valence-corrected chi connectivity index (χ1v) is 6.40. The van der Waals surface area contributed by atoms with Crippen LogP contribution in [-0.4, -0.2) is 4.73 Å². The van der Waals surface area contributed by atoms with Gasteiger partial charge in [0, 0.05) is 0 Å². The second-order valence-corrected chi connectivity index (χ2v) is 5.03. The third kappa shape index (κ3) is 2.12. The normalized spacial score (nSPS) is 35.4. The second kappa shape index (κ2) is 4.64. The van der Waals surface area contributed by atoms with E-state index in [1.54, 1.807) is 0 Å². The fraction of sp³-hybridized carbons (Fsp3) is 0.615. The first-order chi connectivity index (χ1) is 6.81. The van der Waals surface area contributed by atoms with E-state index in [4.69, 9.17) is 6.58 Å². The van der Waals surface area contributed by atoms with E-state index in [1.165, 1.54) is 37.7 Å². The predicted molar refractivity (Wildman–Crippen MR) is 56.6 cm³/mol. The molecule has 2 fully saturated rings. The van der Waals surface area contributed by atoms with E-state index in [1.807, 2.05) is 0 Å². The third-order valence-corrected chi connectivity index (χ3v) is 4.00. The molecule has 0 N–H and O–H groups in total. The SMILES string of the molecule is [CH-]=C1CCC2CCCC2CC1=C[CH]=[V]. The molecule has 0 heterocycles. The molecule has 0 amide bonds. The summed E-state index contributed by atoms with van der Waals surface area (Å²) in [5, 5.41) is 0. The first-order valence-electron chi connectivity index (χ1n) is 5.59. The molecule has 0 spiro atoms. The van der Waals surface area contributed by atoms with Gasteiger partial charge >= 0.3 is 95.9 Å². The van der Waals surface area contributed by atoms with E-state index in [0.29, 0.717) is 0 Å². The summed E-state index contributed by atoms with van der Waals surface area (Å²) >= 11 is 2.50. The van der Waals surface area contributed by atoms with Crippen LogP contribution in [0.4, 0.5) is 0 Å². The summed E-state index contributed by atoms with van der Waals surface area (Å²) in [4.78, 5) is 0. The fourth-order valence-corrected chi connectivity index (χ4v) is 3.22. The molecule has 2 unspecified atom stereocenters. The molecule has 0 aromatic carbocycles. The van der Waals surface area contributed by atoms with E-state index in [2.05, 4.69) is 27.8 Å². The van der Waals surface area contributed by atoms with Gasteiger partial charge in [-0.25, -0.2) is 0 Å². The first kappa shape index (κ1) is 10.5. The van der Waals surface area contributed by atoms with Crippen LogP contribution in [0.5, 0.6) is 0 Å². The predicted octanol–water partition coefficient (Wildman–Crippen LogP) is 3.22. The van der Waals surface area contributed by atoms with Crippen LogP contribution < -0.4 is 0 Å². The average Bonchev–Trinajstić information content (AvgIpc) is 2.56. The number of fused-ring (bicyclic) bond motifs is 1. The molecule has 0 saturated heterocycles. The summed E-state index contributed by atoms with van der Waals surface area (Å²) in [6.07, 6.45) is 10.2. The molecule has 2 saturated carbocycles. The van der Waals surface area contributed by atoms with Gasteiger partial charge in [-0.15, -0.1) is 0 Å². The van der Waals surface area contributed by atoms with Crippen molar-refractivity contribution in [3.8, 4) is 0 Å². The van der Waals surface area contributed by atoms with Crippen LogP contribution in [0.15, 0.2) is 17.2 Å². The molecule has 75 valence electrons. The Labute approximate surface area is 96.0 Å². The van der Waals surface area contributed by atoms with Crippen molar-refractivity contribution in [2.24, 2.45) is 11.8 Å². The molecule has 0 aromatic rings. The van der Waals surface area contributed by atoms with E-state index in [0.717, 1.165) is 23.8 Å². The Balaban J connectivity index is 2.15. The molecule has 14 heavy (non-hydrogen) atoms. The zero-order valence-electron chi connectivity index (χ0n) is 8.58. The van der Waals surface area contributed by atoms with Gasteiger partial charge in [0.25, 0.3) is 0 Å². The van der Waals surface area contributed by atoms with Crippen LogP contribution in [0.2, 0.25) is 0 Å². The maximum absolute atomic E-state index is 6.09. The summed E-state index contributed by atoms with van der Waals surface area (Å²) in [5.74, 6) is 1.89. The minimum absolute atomic E-state index is 0.926. The molecule has 0 bridgehead atoms. The molecule has 1 heteroatoms. The van der Waals surface area contributed by atoms with Crippen LogP contribution in [0.3, 0.4) is 0 Å². The van der Waals surface area contributed by atoms with Gasteiger partial charge in [-0.1, -0.05) is 0 Å². The third-order valence-electron chi connectivity index (χ3n) is 3.77. The van der Waals surface area contributed by atoms with Crippen LogP contribution in [-0.2, 0) is 17.0 Å². The van der Waals surface area contributed by atoms with Gasteiger partial charge in [0.2, 0.25) is 0 Å². The van der Waals surface area contributed by atoms with Crippen LogP contribution in [0, 0.1) is 18.4 Å². The van der Waals surface area contributed by atoms with Gasteiger partial charge in [-0.3, -0.25) is 0 Å². The van der Waals surface area contributed by atoms with Gasteiger partial charge < -0.3 is 0 Å². The molecule has 2 atom stereocenters. The Morgan fingerprint density at radius 2 is 2.00 bits per heavy atom. The molecule has 2 aliphatic rings. The van der Waals surface area contributed by atoms with E-state index < -0.39 is 0 Å². The van der Waals surface area contributed by atoms with Crippen molar-refractivity contribution in [1.29, 1.82) is 0 Å². The Bertz CT molecular complexity index is 275. The van der Waals surface area contributed by atoms with Crippen molar-refractivity contribution in [3.05, 3.63) is 23.8 Å². The van der Waals surface area contributed by atoms with E-state index in [9.17, 15) is 0 Å². The zero-order chi connectivity index (χ0) is 9.97.